The molecule has 0 aromatic heterocycles. The van der Waals surface area contributed by atoms with Crippen LogP contribution >= 0.6 is 0 Å². The van der Waals surface area contributed by atoms with Crippen molar-refractivity contribution in [1.29, 1.82) is 0 Å². The van der Waals surface area contributed by atoms with E-state index in [0.29, 0.717) is 36.7 Å². The van der Waals surface area contributed by atoms with Crippen LogP contribution in [-0.2, 0) is 14.8 Å². The summed E-state index contributed by atoms with van der Waals surface area (Å²) in [4.78, 5) is 14.3. The molecular weight excluding hydrogens is 412 g/mol. The van der Waals surface area contributed by atoms with Crippen LogP contribution in [0.4, 0.5) is 5.69 Å². The zero-order valence-electron chi connectivity index (χ0n) is 17.5. The van der Waals surface area contributed by atoms with E-state index >= 15 is 0 Å². The number of benzene rings is 3. The van der Waals surface area contributed by atoms with Crippen molar-refractivity contribution in [3.8, 4) is 0 Å². The van der Waals surface area contributed by atoms with Crippen LogP contribution in [0.3, 0.4) is 0 Å². The molecule has 0 spiro atoms. The molecule has 1 aliphatic heterocycles. The summed E-state index contributed by atoms with van der Waals surface area (Å²) in [6.07, 6.45) is 0.729. The molecule has 7 heteroatoms. The molecule has 6 nitrogen and oxygen atoms in total. The molecule has 1 aliphatic rings. The molecule has 3 aromatic rings. The number of rotatable bonds is 5. The molecule has 0 amide bonds. The Bertz CT molecular complexity index is 1180. The lowest BCUT2D eigenvalue weighted by molar-refractivity contribution is 0.0526. The monoisotopic (exact) mass is 438 g/mol. The minimum atomic E-state index is -3.56. The average Bonchev–Trinajstić information content (AvgIpc) is 3.06. The number of nitrogens with zero attached hydrogens (tertiary/aromatic N) is 2. The zero-order valence-corrected chi connectivity index (χ0v) is 18.3. The molecule has 31 heavy (non-hydrogen) atoms. The van der Waals surface area contributed by atoms with E-state index in [4.69, 9.17) is 4.74 Å². The fourth-order valence-electron chi connectivity index (χ4n) is 3.89. The molecule has 0 saturated carbocycles. The summed E-state index contributed by atoms with van der Waals surface area (Å²) in [5.74, 6) is -0.336. The van der Waals surface area contributed by atoms with Gasteiger partial charge < -0.3 is 9.64 Å². The van der Waals surface area contributed by atoms with Crippen molar-refractivity contribution in [2.45, 2.75) is 18.2 Å². The van der Waals surface area contributed by atoms with Gasteiger partial charge >= 0.3 is 5.97 Å². The number of esters is 1. The Morgan fingerprint density at radius 1 is 0.903 bits per heavy atom. The SMILES string of the molecule is CCOC(=O)c1ccc(N2CCCN(S(=O)(=O)c3ccc4ccccc4c3)CC2)cc1. The third-order valence-corrected chi connectivity index (χ3v) is 7.45. The number of hydrogen-bond donors (Lipinski definition) is 0. The minimum Gasteiger partial charge on any atom is -0.462 e. The second-order valence-electron chi connectivity index (χ2n) is 7.52. The van der Waals surface area contributed by atoms with Crippen LogP contribution in [0, 0.1) is 0 Å². The normalized spacial score (nSPS) is 15.6. The Morgan fingerprint density at radius 3 is 2.39 bits per heavy atom. The predicted octanol–water partition coefficient (Wildman–Crippen LogP) is 3.92. The highest BCUT2D eigenvalue weighted by Gasteiger charge is 2.27. The number of ether oxygens (including phenoxy) is 1. The Kier molecular flexibility index (Phi) is 6.25. The maximum atomic E-state index is 13.3. The third-order valence-electron chi connectivity index (χ3n) is 5.56. The first kappa shape index (κ1) is 21.3. The van der Waals surface area contributed by atoms with Gasteiger partial charge in [-0.1, -0.05) is 30.3 Å². The number of anilines is 1. The summed E-state index contributed by atoms with van der Waals surface area (Å²) in [5.41, 5.74) is 1.49. The van der Waals surface area contributed by atoms with Crippen molar-refractivity contribution in [3.05, 3.63) is 72.3 Å². The number of fused-ring (bicyclic) bond motifs is 1. The molecule has 0 aliphatic carbocycles. The van der Waals surface area contributed by atoms with E-state index in [0.717, 1.165) is 29.4 Å². The summed E-state index contributed by atoms with van der Waals surface area (Å²) < 4.78 is 33.1. The summed E-state index contributed by atoms with van der Waals surface area (Å²) in [6.45, 7) is 4.35. The lowest BCUT2D eigenvalue weighted by Crippen LogP contribution is -2.35. The van der Waals surface area contributed by atoms with Crippen LogP contribution in [0.1, 0.15) is 23.7 Å². The Morgan fingerprint density at radius 2 is 1.65 bits per heavy atom. The van der Waals surface area contributed by atoms with E-state index in [2.05, 4.69) is 4.90 Å². The summed E-state index contributed by atoms with van der Waals surface area (Å²) >= 11 is 0. The van der Waals surface area contributed by atoms with Crippen LogP contribution in [0.5, 0.6) is 0 Å². The Hall–Kier alpha value is -2.90. The predicted molar refractivity (Wildman–Crippen MR) is 122 cm³/mol. The van der Waals surface area contributed by atoms with Gasteiger partial charge in [-0.3, -0.25) is 0 Å². The third kappa shape index (κ3) is 4.57. The minimum absolute atomic E-state index is 0.332. The molecule has 162 valence electrons. The molecule has 0 atom stereocenters. The summed E-state index contributed by atoms with van der Waals surface area (Å²) in [7, 11) is -3.56. The molecule has 3 aromatic carbocycles. The smallest absolute Gasteiger partial charge is 0.338 e. The van der Waals surface area contributed by atoms with E-state index < -0.39 is 10.0 Å². The number of carbonyl (C=O) groups is 1. The van der Waals surface area contributed by atoms with Crippen molar-refractivity contribution in [2.75, 3.05) is 37.7 Å². The topological polar surface area (TPSA) is 66.9 Å². The van der Waals surface area contributed by atoms with E-state index in [-0.39, 0.29) is 5.97 Å². The number of carbonyl (C=O) groups excluding carboxylic acids is 1. The van der Waals surface area contributed by atoms with Crippen molar-refractivity contribution in [2.24, 2.45) is 0 Å². The molecule has 0 unspecified atom stereocenters. The van der Waals surface area contributed by atoms with Crippen molar-refractivity contribution >= 4 is 32.5 Å². The molecule has 1 heterocycles. The van der Waals surface area contributed by atoms with Crippen LogP contribution in [0.25, 0.3) is 10.8 Å². The van der Waals surface area contributed by atoms with E-state index in [1.807, 2.05) is 42.5 Å². The van der Waals surface area contributed by atoms with Crippen LogP contribution in [0.2, 0.25) is 0 Å². The highest BCUT2D eigenvalue weighted by molar-refractivity contribution is 7.89. The fourth-order valence-corrected chi connectivity index (χ4v) is 5.40. The lowest BCUT2D eigenvalue weighted by atomic mass is 10.1. The van der Waals surface area contributed by atoms with Crippen LogP contribution < -0.4 is 4.90 Å². The molecule has 0 bridgehead atoms. The second-order valence-corrected chi connectivity index (χ2v) is 9.46. The molecule has 4 rings (SSSR count). The fraction of sp³-hybridized carbons (Fsp3) is 0.292. The first-order valence-corrected chi connectivity index (χ1v) is 11.9. The largest absolute Gasteiger partial charge is 0.462 e. The first-order valence-electron chi connectivity index (χ1n) is 10.5. The standard InChI is InChI=1S/C24H26N2O4S/c1-2-30-24(27)20-8-11-22(12-9-20)25-14-5-15-26(17-16-25)31(28,29)23-13-10-19-6-3-4-7-21(19)18-23/h3-4,6-13,18H,2,5,14-17H2,1H3. The van der Waals surface area contributed by atoms with Gasteiger partial charge in [-0.05, 0) is 60.5 Å². The maximum Gasteiger partial charge on any atom is 0.338 e. The highest BCUT2D eigenvalue weighted by atomic mass is 32.2. The second kappa shape index (κ2) is 9.08. The summed E-state index contributed by atoms with van der Waals surface area (Å²) in [5, 5.41) is 1.94. The van der Waals surface area contributed by atoms with Crippen molar-refractivity contribution < 1.29 is 17.9 Å². The maximum absolute atomic E-state index is 13.3. The van der Waals surface area contributed by atoms with Gasteiger partial charge in [-0.2, -0.15) is 4.31 Å². The lowest BCUT2D eigenvalue weighted by Gasteiger charge is -2.24. The average molecular weight is 439 g/mol. The Labute approximate surface area is 183 Å². The van der Waals surface area contributed by atoms with Gasteiger partial charge in [0.15, 0.2) is 0 Å². The van der Waals surface area contributed by atoms with Gasteiger partial charge in [0.2, 0.25) is 10.0 Å². The molecule has 1 saturated heterocycles. The van der Waals surface area contributed by atoms with Gasteiger partial charge in [0.25, 0.3) is 0 Å². The van der Waals surface area contributed by atoms with Gasteiger partial charge in [-0.15, -0.1) is 0 Å². The van der Waals surface area contributed by atoms with E-state index in [9.17, 15) is 13.2 Å². The van der Waals surface area contributed by atoms with E-state index in [1.165, 1.54) is 0 Å². The van der Waals surface area contributed by atoms with Gasteiger partial charge in [-0.25, -0.2) is 13.2 Å². The van der Waals surface area contributed by atoms with Crippen molar-refractivity contribution in [3.63, 3.8) is 0 Å². The first-order chi connectivity index (χ1) is 15.0. The molecule has 0 N–H and O–H groups in total. The Balaban J connectivity index is 1.48. The quantitative estimate of drug-likeness (QED) is 0.565. The number of sulfonamides is 1. The van der Waals surface area contributed by atoms with Crippen LogP contribution in [0.15, 0.2) is 71.6 Å². The molecule has 1 fully saturated rings. The molecular formula is C24H26N2O4S. The highest BCUT2D eigenvalue weighted by Crippen LogP contribution is 2.24. The van der Waals surface area contributed by atoms with E-state index in [1.54, 1.807) is 35.5 Å². The van der Waals surface area contributed by atoms with Crippen molar-refractivity contribution in [1.82, 2.24) is 4.31 Å². The van der Waals surface area contributed by atoms with Crippen LogP contribution in [-0.4, -0.2) is 51.5 Å². The van der Waals surface area contributed by atoms with Gasteiger partial charge in [0.1, 0.15) is 0 Å². The molecule has 0 radical (unpaired) electrons. The van der Waals surface area contributed by atoms with Gasteiger partial charge in [0, 0.05) is 31.9 Å². The number of hydrogen-bond acceptors (Lipinski definition) is 5. The van der Waals surface area contributed by atoms with Gasteiger partial charge in [0.05, 0.1) is 17.1 Å². The summed E-state index contributed by atoms with van der Waals surface area (Å²) in [6, 6.07) is 20.3. The zero-order chi connectivity index (χ0) is 21.8.